The predicted octanol–water partition coefficient (Wildman–Crippen LogP) is 1.65. The average Bonchev–Trinajstić information content (AvgIpc) is 2.78. The zero-order valence-corrected chi connectivity index (χ0v) is 17.2. The maximum Gasteiger partial charge on any atom is 0.313 e. The number of carbonyl (C=O) groups is 2. The molecule has 8 nitrogen and oxygen atoms in total. The Balaban J connectivity index is 1.42. The lowest BCUT2D eigenvalue weighted by Gasteiger charge is -2.39. The van der Waals surface area contributed by atoms with E-state index in [9.17, 15) is 9.59 Å². The van der Waals surface area contributed by atoms with Crippen LogP contribution in [0.2, 0.25) is 0 Å². The quantitative estimate of drug-likeness (QED) is 0.700. The maximum atomic E-state index is 12.2. The highest BCUT2D eigenvalue weighted by Gasteiger charge is 2.27. The summed E-state index contributed by atoms with van der Waals surface area (Å²) < 4.78 is 15.8. The molecule has 2 N–H and O–H groups in total. The van der Waals surface area contributed by atoms with Gasteiger partial charge in [-0.3, -0.25) is 9.59 Å². The van der Waals surface area contributed by atoms with Gasteiger partial charge in [0, 0.05) is 31.9 Å². The summed E-state index contributed by atoms with van der Waals surface area (Å²) in [5, 5.41) is 5.37. The molecule has 1 aromatic carbocycles. The van der Waals surface area contributed by atoms with Gasteiger partial charge in [0.15, 0.2) is 0 Å². The van der Waals surface area contributed by atoms with Crippen molar-refractivity contribution in [1.29, 1.82) is 0 Å². The fourth-order valence-corrected chi connectivity index (χ4v) is 3.97. The number of carbonyl (C=O) groups excluding carboxylic acids is 2. The number of methoxy groups -OCH3 is 2. The monoisotopic (exact) mass is 405 g/mol. The van der Waals surface area contributed by atoms with Gasteiger partial charge in [-0.1, -0.05) is 0 Å². The minimum atomic E-state index is -0.701. The third-order valence-corrected chi connectivity index (χ3v) is 5.77. The molecule has 0 unspecified atom stereocenters. The molecule has 0 aromatic heterocycles. The number of hydrogen-bond acceptors (Lipinski definition) is 6. The van der Waals surface area contributed by atoms with E-state index in [1.54, 1.807) is 25.3 Å². The number of benzene rings is 1. The normalized spacial score (nSPS) is 18.8. The number of rotatable bonds is 6. The van der Waals surface area contributed by atoms with E-state index in [1.165, 1.54) is 7.11 Å². The third kappa shape index (κ3) is 5.83. The first-order valence-corrected chi connectivity index (χ1v) is 10.2. The van der Waals surface area contributed by atoms with Crippen molar-refractivity contribution in [3.8, 4) is 11.5 Å². The zero-order valence-electron chi connectivity index (χ0n) is 17.2. The molecule has 3 rings (SSSR count). The Labute approximate surface area is 171 Å². The van der Waals surface area contributed by atoms with Crippen LogP contribution in [0, 0.1) is 5.92 Å². The minimum Gasteiger partial charge on any atom is -0.497 e. The summed E-state index contributed by atoms with van der Waals surface area (Å²) >= 11 is 0. The van der Waals surface area contributed by atoms with E-state index < -0.39 is 11.8 Å². The van der Waals surface area contributed by atoms with Gasteiger partial charge >= 0.3 is 11.8 Å². The molecule has 2 heterocycles. The molecule has 0 atom stereocenters. The number of anilines is 1. The van der Waals surface area contributed by atoms with Gasteiger partial charge < -0.3 is 29.7 Å². The summed E-state index contributed by atoms with van der Waals surface area (Å²) in [6.07, 6.45) is 4.28. The van der Waals surface area contributed by atoms with E-state index in [2.05, 4.69) is 15.5 Å². The van der Waals surface area contributed by atoms with Crippen LogP contribution in [0.1, 0.15) is 25.7 Å². The molecule has 0 aliphatic carbocycles. The van der Waals surface area contributed by atoms with Crippen molar-refractivity contribution >= 4 is 17.5 Å². The van der Waals surface area contributed by atoms with E-state index in [0.717, 1.165) is 52.0 Å². The number of piperidine rings is 1. The van der Waals surface area contributed by atoms with Crippen molar-refractivity contribution in [1.82, 2.24) is 10.2 Å². The number of likely N-dealkylation sites (tertiary alicyclic amines) is 1. The van der Waals surface area contributed by atoms with Gasteiger partial charge in [-0.2, -0.15) is 0 Å². The molecule has 0 saturated carbocycles. The van der Waals surface area contributed by atoms with Gasteiger partial charge in [0.05, 0.1) is 19.9 Å². The van der Waals surface area contributed by atoms with E-state index in [1.807, 2.05) is 0 Å². The van der Waals surface area contributed by atoms with Crippen molar-refractivity contribution in [2.24, 2.45) is 5.92 Å². The fourth-order valence-electron chi connectivity index (χ4n) is 3.97. The van der Waals surface area contributed by atoms with E-state index in [4.69, 9.17) is 14.2 Å². The van der Waals surface area contributed by atoms with Crippen LogP contribution in [-0.4, -0.2) is 69.8 Å². The van der Waals surface area contributed by atoms with Crippen molar-refractivity contribution in [2.75, 3.05) is 52.4 Å². The molecular formula is C21H31N3O5. The number of nitrogens with one attached hydrogen (secondary N) is 2. The summed E-state index contributed by atoms with van der Waals surface area (Å²) in [4.78, 5) is 27.0. The molecule has 2 fully saturated rings. The standard InChI is InChI=1S/C21H31N3O5/c1-27-17-3-4-18(19(13-17)28-2)23-21(26)20(25)22-14-15-5-9-24(10-6-15)16-7-11-29-12-8-16/h3-4,13,15-16H,5-12,14H2,1-2H3,(H,22,25)(H,23,26). The van der Waals surface area contributed by atoms with Crippen LogP contribution in [0.5, 0.6) is 11.5 Å². The van der Waals surface area contributed by atoms with Gasteiger partial charge in [0.1, 0.15) is 11.5 Å². The summed E-state index contributed by atoms with van der Waals surface area (Å²) in [5.41, 5.74) is 0.429. The number of hydrogen-bond donors (Lipinski definition) is 2. The van der Waals surface area contributed by atoms with Crippen molar-refractivity contribution in [3.63, 3.8) is 0 Å². The number of ether oxygens (including phenoxy) is 3. The van der Waals surface area contributed by atoms with E-state index in [0.29, 0.717) is 35.7 Å². The van der Waals surface area contributed by atoms with E-state index >= 15 is 0 Å². The fraction of sp³-hybridized carbons (Fsp3) is 0.619. The van der Waals surface area contributed by atoms with Gasteiger partial charge in [0.25, 0.3) is 0 Å². The highest BCUT2D eigenvalue weighted by atomic mass is 16.5. The molecule has 29 heavy (non-hydrogen) atoms. The molecule has 8 heteroatoms. The smallest absolute Gasteiger partial charge is 0.313 e. The Kier molecular flexibility index (Phi) is 7.71. The average molecular weight is 405 g/mol. The first-order chi connectivity index (χ1) is 14.1. The van der Waals surface area contributed by atoms with Crippen LogP contribution in [-0.2, 0) is 14.3 Å². The lowest BCUT2D eigenvalue weighted by molar-refractivity contribution is -0.136. The Morgan fingerprint density at radius 3 is 2.45 bits per heavy atom. The molecule has 2 saturated heterocycles. The summed E-state index contributed by atoms with van der Waals surface area (Å²) in [6, 6.07) is 5.63. The largest absolute Gasteiger partial charge is 0.497 e. The third-order valence-electron chi connectivity index (χ3n) is 5.77. The number of amides is 2. The summed E-state index contributed by atoms with van der Waals surface area (Å²) in [6.45, 7) is 4.32. The van der Waals surface area contributed by atoms with Gasteiger partial charge in [-0.05, 0) is 56.8 Å². The minimum absolute atomic E-state index is 0.401. The Bertz CT molecular complexity index is 698. The van der Waals surface area contributed by atoms with Gasteiger partial charge in [0.2, 0.25) is 0 Å². The van der Waals surface area contributed by atoms with Crippen LogP contribution in [0.4, 0.5) is 5.69 Å². The molecule has 2 aliphatic rings. The molecule has 0 radical (unpaired) electrons. The molecular weight excluding hydrogens is 374 g/mol. The first-order valence-electron chi connectivity index (χ1n) is 10.2. The second-order valence-electron chi connectivity index (χ2n) is 7.55. The molecule has 0 spiro atoms. The van der Waals surface area contributed by atoms with E-state index in [-0.39, 0.29) is 0 Å². The van der Waals surface area contributed by atoms with Crippen molar-refractivity contribution in [3.05, 3.63) is 18.2 Å². The van der Waals surface area contributed by atoms with Crippen LogP contribution in [0.3, 0.4) is 0 Å². The summed E-state index contributed by atoms with van der Waals surface area (Å²) in [5.74, 6) is 0.114. The Morgan fingerprint density at radius 1 is 1.07 bits per heavy atom. The highest BCUT2D eigenvalue weighted by molar-refractivity contribution is 6.39. The molecule has 1 aromatic rings. The second kappa shape index (κ2) is 10.5. The topological polar surface area (TPSA) is 89.1 Å². The second-order valence-corrected chi connectivity index (χ2v) is 7.55. The molecule has 160 valence electrons. The first kappa shape index (κ1) is 21.4. The van der Waals surface area contributed by atoms with Crippen LogP contribution >= 0.6 is 0 Å². The maximum absolute atomic E-state index is 12.2. The van der Waals surface area contributed by atoms with Crippen molar-refractivity contribution < 1.29 is 23.8 Å². The number of nitrogens with zero attached hydrogens (tertiary/aromatic N) is 1. The molecule has 2 aliphatic heterocycles. The van der Waals surface area contributed by atoms with Gasteiger partial charge in [-0.25, -0.2) is 0 Å². The SMILES string of the molecule is COc1ccc(NC(=O)C(=O)NCC2CCN(C3CCOCC3)CC2)c(OC)c1. The lowest BCUT2D eigenvalue weighted by Crippen LogP contribution is -2.46. The molecule has 0 bridgehead atoms. The van der Waals surface area contributed by atoms with Crippen LogP contribution < -0.4 is 20.1 Å². The van der Waals surface area contributed by atoms with Gasteiger partial charge in [-0.15, -0.1) is 0 Å². The van der Waals surface area contributed by atoms with Crippen molar-refractivity contribution in [2.45, 2.75) is 31.7 Å². The van der Waals surface area contributed by atoms with Crippen LogP contribution in [0.25, 0.3) is 0 Å². The zero-order chi connectivity index (χ0) is 20.6. The Morgan fingerprint density at radius 2 is 1.79 bits per heavy atom. The van der Waals surface area contributed by atoms with Crippen LogP contribution in [0.15, 0.2) is 18.2 Å². The lowest BCUT2D eigenvalue weighted by atomic mass is 9.94. The highest BCUT2D eigenvalue weighted by Crippen LogP contribution is 2.29. The molecule has 2 amide bonds. The predicted molar refractivity (Wildman–Crippen MR) is 109 cm³/mol. The summed E-state index contributed by atoms with van der Waals surface area (Å²) in [7, 11) is 3.05. The Hall–Kier alpha value is -2.32.